The predicted molar refractivity (Wildman–Crippen MR) is 133 cm³/mol. The maximum Gasteiger partial charge on any atom is 0.228 e. The molecular weight excluding hydrogens is 410 g/mol. The minimum atomic E-state index is 0.414. The minimum Gasteiger partial charge on any atom is -0.437 e. The van der Waals surface area contributed by atoms with Gasteiger partial charge in [-0.25, -0.2) is 15.0 Å². The van der Waals surface area contributed by atoms with Gasteiger partial charge in [0.1, 0.15) is 5.75 Å². The molecule has 2 aromatic carbocycles. The van der Waals surface area contributed by atoms with E-state index in [1.54, 1.807) is 12.4 Å². The van der Waals surface area contributed by atoms with Gasteiger partial charge < -0.3 is 15.8 Å². The van der Waals surface area contributed by atoms with Gasteiger partial charge in [0, 0.05) is 34.9 Å². The van der Waals surface area contributed by atoms with Gasteiger partial charge in [0.25, 0.3) is 0 Å². The summed E-state index contributed by atoms with van der Waals surface area (Å²) in [6.45, 7) is 4.34. The molecule has 1 aliphatic rings. The SMILES string of the molecule is Cc1ccc2c(N)cccc2c1Oc1ncccc1-c1ccnc(N[C@@H]2CCC[C@H](C)C2)n1. The first kappa shape index (κ1) is 21.2. The van der Waals surface area contributed by atoms with Crippen LogP contribution in [0.4, 0.5) is 11.6 Å². The van der Waals surface area contributed by atoms with Crippen molar-refractivity contribution in [3.05, 3.63) is 66.5 Å². The number of nitrogens with two attached hydrogens (primary N) is 1. The normalized spacial score (nSPS) is 18.2. The third kappa shape index (κ3) is 4.46. The number of hydrogen-bond acceptors (Lipinski definition) is 6. The summed E-state index contributed by atoms with van der Waals surface area (Å²) in [6, 6.07) is 16.1. The topological polar surface area (TPSA) is 86.0 Å². The van der Waals surface area contributed by atoms with Crippen molar-refractivity contribution in [1.82, 2.24) is 15.0 Å². The number of benzene rings is 2. The molecule has 0 unspecified atom stereocenters. The molecule has 1 fully saturated rings. The third-order valence-corrected chi connectivity index (χ3v) is 6.41. The van der Waals surface area contributed by atoms with Crippen molar-refractivity contribution in [2.45, 2.75) is 45.6 Å². The zero-order valence-electron chi connectivity index (χ0n) is 19.1. The molecule has 4 aromatic rings. The smallest absolute Gasteiger partial charge is 0.228 e. The fourth-order valence-corrected chi connectivity index (χ4v) is 4.69. The molecule has 0 aliphatic heterocycles. The summed E-state index contributed by atoms with van der Waals surface area (Å²) in [7, 11) is 0. The molecule has 168 valence electrons. The highest BCUT2D eigenvalue weighted by molar-refractivity contribution is 5.97. The Morgan fingerprint density at radius 2 is 1.88 bits per heavy atom. The van der Waals surface area contributed by atoms with Crippen molar-refractivity contribution in [3.63, 3.8) is 0 Å². The second-order valence-corrected chi connectivity index (χ2v) is 8.99. The van der Waals surface area contributed by atoms with E-state index in [9.17, 15) is 0 Å². The maximum atomic E-state index is 6.42. The standard InChI is InChI=1S/C27H29N5O/c1-17-6-3-7-19(16-17)31-27-30-15-13-24(32-27)22-9-5-14-29-26(22)33-25-18(2)11-12-20-21(25)8-4-10-23(20)28/h4-5,8-15,17,19H,3,6-7,16,28H2,1-2H3,(H,30,31,32)/t17-,19+/m0/s1. The van der Waals surface area contributed by atoms with Crippen LogP contribution >= 0.6 is 0 Å². The first-order valence-electron chi connectivity index (χ1n) is 11.6. The minimum absolute atomic E-state index is 0.414. The highest BCUT2D eigenvalue weighted by Gasteiger charge is 2.20. The molecule has 0 saturated heterocycles. The predicted octanol–water partition coefficient (Wildman–Crippen LogP) is 6.37. The van der Waals surface area contributed by atoms with Crippen LogP contribution in [0.5, 0.6) is 11.6 Å². The first-order valence-corrected chi connectivity index (χ1v) is 11.6. The van der Waals surface area contributed by atoms with Gasteiger partial charge in [-0.05, 0) is 55.5 Å². The van der Waals surface area contributed by atoms with Crippen LogP contribution in [0.25, 0.3) is 22.0 Å². The summed E-state index contributed by atoms with van der Waals surface area (Å²) < 4.78 is 6.42. The van der Waals surface area contributed by atoms with E-state index in [2.05, 4.69) is 22.2 Å². The van der Waals surface area contributed by atoms with Crippen molar-refractivity contribution in [1.29, 1.82) is 0 Å². The molecule has 6 heteroatoms. The van der Waals surface area contributed by atoms with Crippen LogP contribution in [0.1, 0.15) is 38.2 Å². The molecule has 0 amide bonds. The highest BCUT2D eigenvalue weighted by Crippen LogP contribution is 2.38. The summed E-state index contributed by atoms with van der Waals surface area (Å²) >= 11 is 0. The first-order chi connectivity index (χ1) is 16.1. The van der Waals surface area contributed by atoms with Gasteiger partial charge in [0.15, 0.2) is 0 Å². The van der Waals surface area contributed by atoms with Crippen molar-refractivity contribution >= 4 is 22.4 Å². The van der Waals surface area contributed by atoms with E-state index in [-0.39, 0.29) is 0 Å². The number of ether oxygens (including phenoxy) is 1. The van der Waals surface area contributed by atoms with Crippen molar-refractivity contribution < 1.29 is 4.74 Å². The Balaban J connectivity index is 1.48. The average molecular weight is 440 g/mol. The Kier molecular flexibility index (Phi) is 5.82. The Morgan fingerprint density at radius 1 is 0.970 bits per heavy atom. The van der Waals surface area contributed by atoms with Crippen LogP contribution in [-0.4, -0.2) is 21.0 Å². The summed E-state index contributed by atoms with van der Waals surface area (Å²) in [5.74, 6) is 2.64. The van der Waals surface area contributed by atoms with Gasteiger partial charge >= 0.3 is 0 Å². The number of pyridine rings is 1. The molecule has 2 aromatic heterocycles. The molecule has 6 nitrogen and oxygen atoms in total. The van der Waals surface area contributed by atoms with Gasteiger partial charge in [-0.2, -0.15) is 0 Å². The number of nitrogens with one attached hydrogen (secondary N) is 1. The maximum absolute atomic E-state index is 6.42. The van der Waals surface area contributed by atoms with Gasteiger partial charge in [-0.3, -0.25) is 0 Å². The van der Waals surface area contributed by atoms with Crippen LogP contribution < -0.4 is 15.8 Å². The lowest BCUT2D eigenvalue weighted by atomic mass is 9.87. The summed E-state index contributed by atoms with van der Waals surface area (Å²) in [6.07, 6.45) is 8.37. The van der Waals surface area contributed by atoms with Crippen LogP contribution in [0, 0.1) is 12.8 Å². The quantitative estimate of drug-likeness (QED) is 0.352. The van der Waals surface area contributed by atoms with E-state index in [0.29, 0.717) is 17.9 Å². The Bertz CT molecular complexity index is 1290. The monoisotopic (exact) mass is 439 g/mol. The molecule has 1 aliphatic carbocycles. The molecule has 0 radical (unpaired) electrons. The number of nitrogen functional groups attached to an aromatic ring is 1. The van der Waals surface area contributed by atoms with Gasteiger partial charge in [0.05, 0.1) is 11.3 Å². The lowest BCUT2D eigenvalue weighted by molar-refractivity contribution is 0.357. The lowest BCUT2D eigenvalue weighted by Crippen LogP contribution is -2.27. The number of aromatic nitrogens is 3. The van der Waals surface area contributed by atoms with Crippen LogP contribution in [0.3, 0.4) is 0 Å². The summed E-state index contributed by atoms with van der Waals surface area (Å²) in [5.41, 5.74) is 9.53. The highest BCUT2D eigenvalue weighted by atomic mass is 16.5. The second-order valence-electron chi connectivity index (χ2n) is 8.99. The lowest BCUT2D eigenvalue weighted by Gasteiger charge is -2.27. The van der Waals surface area contributed by atoms with Crippen LogP contribution in [0.2, 0.25) is 0 Å². The summed E-state index contributed by atoms with van der Waals surface area (Å²) in [4.78, 5) is 13.8. The van der Waals surface area contributed by atoms with E-state index in [0.717, 1.165) is 57.8 Å². The molecular formula is C27H29N5O. The number of hydrogen-bond donors (Lipinski definition) is 2. The van der Waals surface area contributed by atoms with Gasteiger partial charge in [-0.1, -0.05) is 44.0 Å². The fraction of sp³-hybridized carbons (Fsp3) is 0.296. The average Bonchev–Trinajstić information content (AvgIpc) is 2.82. The van der Waals surface area contributed by atoms with Crippen molar-refractivity contribution in [2.75, 3.05) is 11.1 Å². The van der Waals surface area contributed by atoms with E-state index in [1.165, 1.54) is 12.8 Å². The number of fused-ring (bicyclic) bond motifs is 1. The molecule has 33 heavy (non-hydrogen) atoms. The zero-order chi connectivity index (χ0) is 22.8. The van der Waals surface area contributed by atoms with Crippen molar-refractivity contribution in [2.24, 2.45) is 5.92 Å². The molecule has 2 atom stereocenters. The Morgan fingerprint density at radius 3 is 2.76 bits per heavy atom. The molecule has 2 heterocycles. The molecule has 0 bridgehead atoms. The third-order valence-electron chi connectivity index (χ3n) is 6.41. The van der Waals surface area contributed by atoms with E-state index in [1.807, 2.05) is 55.5 Å². The molecule has 3 N–H and O–H groups in total. The van der Waals surface area contributed by atoms with Crippen molar-refractivity contribution in [3.8, 4) is 22.9 Å². The van der Waals surface area contributed by atoms with Crippen LogP contribution in [0.15, 0.2) is 60.9 Å². The number of anilines is 2. The van der Waals surface area contributed by atoms with E-state index in [4.69, 9.17) is 15.5 Å². The Labute approximate surface area is 194 Å². The van der Waals surface area contributed by atoms with Gasteiger partial charge in [-0.15, -0.1) is 0 Å². The van der Waals surface area contributed by atoms with E-state index < -0.39 is 0 Å². The number of aryl methyl sites for hydroxylation is 1. The Hall–Kier alpha value is -3.67. The van der Waals surface area contributed by atoms with Gasteiger partial charge in [0.2, 0.25) is 11.8 Å². The summed E-state index contributed by atoms with van der Waals surface area (Å²) in [5, 5.41) is 5.46. The van der Waals surface area contributed by atoms with Crippen LogP contribution in [-0.2, 0) is 0 Å². The number of nitrogens with zero attached hydrogens (tertiary/aromatic N) is 3. The molecule has 0 spiro atoms. The fourth-order valence-electron chi connectivity index (χ4n) is 4.69. The number of rotatable bonds is 5. The molecule has 1 saturated carbocycles. The second kappa shape index (κ2) is 9.06. The molecule has 5 rings (SSSR count). The van der Waals surface area contributed by atoms with E-state index >= 15 is 0 Å². The zero-order valence-corrected chi connectivity index (χ0v) is 19.1. The largest absolute Gasteiger partial charge is 0.437 e.